The second-order valence-corrected chi connectivity index (χ2v) is 6.67. The van der Waals surface area contributed by atoms with E-state index in [-0.39, 0.29) is 12.1 Å². The number of hydrogen-bond donors (Lipinski definition) is 3. The molecule has 136 valence electrons. The number of nitrogens with one attached hydrogen (secondary N) is 1. The first kappa shape index (κ1) is 19.6. The Labute approximate surface area is 151 Å². The van der Waals surface area contributed by atoms with E-state index >= 15 is 0 Å². The highest BCUT2D eigenvalue weighted by Crippen LogP contribution is 2.25. The van der Waals surface area contributed by atoms with Crippen LogP contribution in [0.5, 0.6) is 0 Å². The average molecular weight is 341 g/mol. The minimum absolute atomic E-state index is 0.0812. The van der Waals surface area contributed by atoms with Gasteiger partial charge in [-0.15, -0.1) is 0 Å². The Hall–Kier alpha value is -1.68. The molecule has 4 atom stereocenters. The van der Waals surface area contributed by atoms with Gasteiger partial charge in [0.25, 0.3) is 0 Å². The second kappa shape index (κ2) is 10.3. The topological polar surface area (TPSA) is 52.5 Å². The van der Waals surface area contributed by atoms with Gasteiger partial charge in [0.15, 0.2) is 0 Å². The van der Waals surface area contributed by atoms with Crippen molar-refractivity contribution in [1.82, 2.24) is 5.32 Å². The summed E-state index contributed by atoms with van der Waals surface area (Å²) in [5.41, 5.74) is 1.83. The Kier molecular flexibility index (Phi) is 8.13. The SMILES string of the molecule is CCC[C@H](N[C@@H](CCC)[C@H](O)c1ccccc1)[C@H](O)c1ccccc1. The minimum atomic E-state index is -0.580. The van der Waals surface area contributed by atoms with E-state index in [1.807, 2.05) is 60.7 Å². The standard InChI is InChI=1S/C22H31NO2/c1-3-11-19(21(24)17-13-7-5-8-14-17)23-20(12-4-2)22(25)18-15-9-6-10-16-18/h5-10,13-16,19-25H,3-4,11-12H2,1-2H3/t19-,20-,21+,22+/m0/s1. The van der Waals surface area contributed by atoms with Crippen molar-refractivity contribution in [1.29, 1.82) is 0 Å². The van der Waals surface area contributed by atoms with Gasteiger partial charge in [0.2, 0.25) is 0 Å². The van der Waals surface area contributed by atoms with Crippen LogP contribution in [0.25, 0.3) is 0 Å². The van der Waals surface area contributed by atoms with Crippen LogP contribution < -0.4 is 5.32 Å². The number of hydrogen-bond acceptors (Lipinski definition) is 3. The van der Waals surface area contributed by atoms with Crippen molar-refractivity contribution >= 4 is 0 Å². The van der Waals surface area contributed by atoms with E-state index in [1.54, 1.807) is 0 Å². The summed E-state index contributed by atoms with van der Waals surface area (Å²) in [5, 5.41) is 25.2. The van der Waals surface area contributed by atoms with Gasteiger partial charge in [0.05, 0.1) is 12.2 Å². The van der Waals surface area contributed by atoms with Crippen molar-refractivity contribution in [2.24, 2.45) is 0 Å². The van der Waals surface area contributed by atoms with Crippen LogP contribution in [0.4, 0.5) is 0 Å². The first-order chi connectivity index (χ1) is 12.2. The Balaban J connectivity index is 2.15. The Morgan fingerprint density at radius 2 is 1.04 bits per heavy atom. The highest BCUT2D eigenvalue weighted by Gasteiger charge is 2.27. The summed E-state index contributed by atoms with van der Waals surface area (Å²) in [6, 6.07) is 19.4. The summed E-state index contributed by atoms with van der Waals surface area (Å²) < 4.78 is 0. The van der Waals surface area contributed by atoms with Crippen LogP contribution in [0, 0.1) is 0 Å². The molecular weight excluding hydrogens is 310 g/mol. The zero-order chi connectivity index (χ0) is 18.1. The Morgan fingerprint density at radius 1 is 0.680 bits per heavy atom. The van der Waals surface area contributed by atoms with Gasteiger partial charge in [-0.25, -0.2) is 0 Å². The normalized spacial score (nSPS) is 16.2. The molecule has 0 spiro atoms. The van der Waals surface area contributed by atoms with Crippen molar-refractivity contribution < 1.29 is 10.2 Å². The van der Waals surface area contributed by atoms with E-state index in [1.165, 1.54) is 0 Å². The zero-order valence-corrected chi connectivity index (χ0v) is 15.3. The molecule has 25 heavy (non-hydrogen) atoms. The molecule has 0 aromatic heterocycles. The molecule has 3 N–H and O–H groups in total. The zero-order valence-electron chi connectivity index (χ0n) is 15.3. The highest BCUT2D eigenvalue weighted by atomic mass is 16.3. The lowest BCUT2D eigenvalue weighted by Gasteiger charge is -2.32. The van der Waals surface area contributed by atoms with Gasteiger partial charge in [-0.2, -0.15) is 0 Å². The van der Waals surface area contributed by atoms with Gasteiger partial charge >= 0.3 is 0 Å². The number of aliphatic hydroxyl groups excluding tert-OH is 2. The van der Waals surface area contributed by atoms with E-state index in [2.05, 4.69) is 19.2 Å². The summed E-state index contributed by atoms with van der Waals surface area (Å²) >= 11 is 0. The van der Waals surface area contributed by atoms with E-state index in [0.717, 1.165) is 36.8 Å². The third-order valence-corrected chi connectivity index (χ3v) is 4.67. The van der Waals surface area contributed by atoms with Crippen LogP contribution in [0.15, 0.2) is 60.7 Å². The number of aliphatic hydroxyl groups is 2. The minimum Gasteiger partial charge on any atom is -0.387 e. The molecule has 2 rings (SSSR count). The third-order valence-electron chi connectivity index (χ3n) is 4.67. The van der Waals surface area contributed by atoms with Crippen LogP contribution in [0.2, 0.25) is 0 Å². The van der Waals surface area contributed by atoms with E-state index < -0.39 is 12.2 Å². The van der Waals surface area contributed by atoms with Crippen molar-refractivity contribution in [2.45, 2.75) is 63.8 Å². The van der Waals surface area contributed by atoms with Crippen molar-refractivity contribution in [3.63, 3.8) is 0 Å². The summed E-state index contributed by atoms with van der Waals surface area (Å²) in [5.74, 6) is 0. The molecule has 0 amide bonds. The molecule has 2 aromatic carbocycles. The maximum absolute atomic E-state index is 10.8. The molecule has 0 saturated carbocycles. The molecule has 2 aromatic rings. The second-order valence-electron chi connectivity index (χ2n) is 6.67. The summed E-state index contributed by atoms with van der Waals surface area (Å²) in [6.45, 7) is 4.24. The largest absolute Gasteiger partial charge is 0.387 e. The van der Waals surface area contributed by atoms with Crippen LogP contribution in [-0.4, -0.2) is 22.3 Å². The van der Waals surface area contributed by atoms with Gasteiger partial charge in [-0.1, -0.05) is 87.4 Å². The van der Waals surface area contributed by atoms with Crippen molar-refractivity contribution in [3.05, 3.63) is 71.8 Å². The van der Waals surface area contributed by atoms with Crippen LogP contribution in [0.3, 0.4) is 0 Å². The van der Waals surface area contributed by atoms with Crippen molar-refractivity contribution in [3.8, 4) is 0 Å². The van der Waals surface area contributed by atoms with E-state index in [0.29, 0.717) is 0 Å². The smallest absolute Gasteiger partial charge is 0.0943 e. The number of rotatable bonds is 10. The van der Waals surface area contributed by atoms with E-state index in [4.69, 9.17) is 0 Å². The fraction of sp³-hybridized carbons (Fsp3) is 0.455. The van der Waals surface area contributed by atoms with E-state index in [9.17, 15) is 10.2 Å². The molecule has 0 unspecified atom stereocenters. The molecule has 3 nitrogen and oxygen atoms in total. The first-order valence-electron chi connectivity index (χ1n) is 9.39. The fourth-order valence-electron chi connectivity index (χ4n) is 3.33. The van der Waals surface area contributed by atoms with Gasteiger partial charge in [-0.3, -0.25) is 0 Å². The Morgan fingerprint density at radius 3 is 1.36 bits per heavy atom. The quantitative estimate of drug-likeness (QED) is 0.601. The monoisotopic (exact) mass is 341 g/mol. The van der Waals surface area contributed by atoms with Crippen LogP contribution in [-0.2, 0) is 0 Å². The molecule has 0 heterocycles. The predicted octanol–water partition coefficient (Wildman–Crippen LogP) is 4.38. The van der Waals surface area contributed by atoms with Gasteiger partial charge in [-0.05, 0) is 24.0 Å². The molecule has 0 aliphatic rings. The molecule has 0 fully saturated rings. The molecule has 0 aliphatic heterocycles. The molecule has 0 radical (unpaired) electrons. The molecule has 3 heteroatoms. The van der Waals surface area contributed by atoms with Gasteiger partial charge in [0, 0.05) is 12.1 Å². The number of benzene rings is 2. The summed E-state index contributed by atoms with van der Waals surface area (Å²) in [6.07, 6.45) is 2.51. The first-order valence-corrected chi connectivity index (χ1v) is 9.39. The molecule has 0 bridgehead atoms. The highest BCUT2D eigenvalue weighted by molar-refractivity contribution is 5.21. The van der Waals surface area contributed by atoms with Crippen molar-refractivity contribution in [2.75, 3.05) is 0 Å². The Bertz CT molecular complexity index is 534. The third kappa shape index (κ3) is 5.67. The lowest BCUT2D eigenvalue weighted by atomic mass is 9.93. The molecular formula is C22H31NO2. The summed E-state index contributed by atoms with van der Waals surface area (Å²) in [4.78, 5) is 0. The lowest BCUT2D eigenvalue weighted by Crippen LogP contribution is -2.45. The summed E-state index contributed by atoms with van der Waals surface area (Å²) in [7, 11) is 0. The van der Waals surface area contributed by atoms with Gasteiger partial charge < -0.3 is 15.5 Å². The maximum Gasteiger partial charge on any atom is 0.0943 e. The van der Waals surface area contributed by atoms with Gasteiger partial charge in [0.1, 0.15) is 0 Å². The molecule has 0 aliphatic carbocycles. The lowest BCUT2D eigenvalue weighted by molar-refractivity contribution is 0.0745. The van der Waals surface area contributed by atoms with Crippen LogP contribution >= 0.6 is 0 Å². The fourth-order valence-corrected chi connectivity index (χ4v) is 3.33. The van der Waals surface area contributed by atoms with Crippen LogP contribution in [0.1, 0.15) is 62.9 Å². The predicted molar refractivity (Wildman–Crippen MR) is 103 cm³/mol. The molecule has 0 saturated heterocycles. The average Bonchev–Trinajstić information content (AvgIpc) is 2.67. The maximum atomic E-state index is 10.8.